The van der Waals surface area contributed by atoms with Gasteiger partial charge in [-0.2, -0.15) is 0 Å². The molecule has 1 aromatic heterocycles. The van der Waals surface area contributed by atoms with Crippen molar-refractivity contribution in [1.29, 1.82) is 0 Å². The molecule has 1 atom stereocenters. The fraction of sp³-hybridized carbons (Fsp3) is 0.500. The average Bonchev–Trinajstić information content (AvgIpc) is 2.04. The van der Waals surface area contributed by atoms with Gasteiger partial charge in [0.1, 0.15) is 0 Å². The first-order valence-corrected chi connectivity index (χ1v) is 4.48. The molecule has 0 fully saturated rings. The number of nitrogens with zero attached hydrogens (tertiary/aromatic N) is 1. The van der Waals surface area contributed by atoms with Gasteiger partial charge in [0.2, 0.25) is 5.88 Å². The number of nitrogens with two attached hydrogens (primary N) is 1. The van der Waals surface area contributed by atoms with Crippen LogP contribution in [0.1, 0.15) is 20.8 Å². The molecule has 1 rings (SSSR count). The van der Waals surface area contributed by atoms with E-state index in [4.69, 9.17) is 10.5 Å². The van der Waals surface area contributed by atoms with E-state index in [2.05, 4.69) is 18.8 Å². The van der Waals surface area contributed by atoms with E-state index in [0.29, 0.717) is 17.5 Å². The molecule has 0 saturated heterocycles. The maximum atomic E-state index is 5.59. The Morgan fingerprint density at radius 3 is 2.62 bits per heavy atom. The summed E-state index contributed by atoms with van der Waals surface area (Å²) < 4.78 is 5.57. The van der Waals surface area contributed by atoms with Crippen molar-refractivity contribution in [3.05, 3.63) is 18.3 Å². The van der Waals surface area contributed by atoms with Crippen molar-refractivity contribution in [2.24, 2.45) is 5.92 Å². The van der Waals surface area contributed by atoms with Crippen molar-refractivity contribution in [2.45, 2.75) is 26.9 Å². The van der Waals surface area contributed by atoms with E-state index in [1.807, 2.05) is 6.92 Å². The molecule has 13 heavy (non-hydrogen) atoms. The van der Waals surface area contributed by atoms with Crippen molar-refractivity contribution in [2.75, 3.05) is 5.73 Å². The van der Waals surface area contributed by atoms with Crippen LogP contribution in [0.15, 0.2) is 18.3 Å². The monoisotopic (exact) mass is 180 g/mol. The summed E-state index contributed by atoms with van der Waals surface area (Å²) in [4.78, 5) is 4.06. The van der Waals surface area contributed by atoms with Crippen LogP contribution in [0.3, 0.4) is 0 Å². The summed E-state index contributed by atoms with van der Waals surface area (Å²) in [5.41, 5.74) is 6.27. The molecule has 0 saturated carbocycles. The highest BCUT2D eigenvalue weighted by molar-refractivity contribution is 5.39. The minimum Gasteiger partial charge on any atom is -0.474 e. The van der Waals surface area contributed by atoms with Gasteiger partial charge >= 0.3 is 0 Å². The summed E-state index contributed by atoms with van der Waals surface area (Å²) in [5, 5.41) is 0. The first-order chi connectivity index (χ1) is 6.09. The van der Waals surface area contributed by atoms with Crippen LogP contribution in [-0.2, 0) is 0 Å². The van der Waals surface area contributed by atoms with E-state index in [0.717, 1.165) is 0 Å². The molecule has 3 nitrogen and oxygen atoms in total. The van der Waals surface area contributed by atoms with Gasteiger partial charge in [0.05, 0.1) is 6.10 Å². The molecule has 0 aliphatic rings. The van der Waals surface area contributed by atoms with Gasteiger partial charge in [-0.25, -0.2) is 4.98 Å². The van der Waals surface area contributed by atoms with Crippen molar-refractivity contribution < 1.29 is 4.74 Å². The molecule has 0 spiro atoms. The standard InChI is InChI=1S/C10H16N2O/c1-7(2)8(3)13-10-6-9(11)4-5-12-10/h4-8H,1-3H3,(H2,11,12). The van der Waals surface area contributed by atoms with E-state index < -0.39 is 0 Å². The number of hydrogen-bond acceptors (Lipinski definition) is 3. The summed E-state index contributed by atoms with van der Waals surface area (Å²) in [6.07, 6.45) is 1.81. The molecule has 0 aromatic carbocycles. The minimum absolute atomic E-state index is 0.161. The van der Waals surface area contributed by atoms with Gasteiger partial charge in [0, 0.05) is 18.0 Å². The normalized spacial score (nSPS) is 12.9. The highest BCUT2D eigenvalue weighted by atomic mass is 16.5. The molecule has 1 aromatic rings. The smallest absolute Gasteiger partial charge is 0.215 e. The van der Waals surface area contributed by atoms with Gasteiger partial charge in [-0.05, 0) is 18.9 Å². The average molecular weight is 180 g/mol. The third-order valence-electron chi connectivity index (χ3n) is 2.00. The number of nitrogen functional groups attached to an aromatic ring is 1. The maximum Gasteiger partial charge on any atom is 0.215 e. The molecule has 1 heterocycles. The lowest BCUT2D eigenvalue weighted by Crippen LogP contribution is -2.19. The van der Waals surface area contributed by atoms with Crippen LogP contribution in [-0.4, -0.2) is 11.1 Å². The third-order valence-corrected chi connectivity index (χ3v) is 2.00. The number of aromatic nitrogens is 1. The molecule has 0 amide bonds. The second-order valence-corrected chi connectivity index (χ2v) is 3.49. The van der Waals surface area contributed by atoms with E-state index in [-0.39, 0.29) is 6.10 Å². The van der Waals surface area contributed by atoms with Crippen molar-refractivity contribution in [3.63, 3.8) is 0 Å². The van der Waals surface area contributed by atoms with E-state index in [9.17, 15) is 0 Å². The molecule has 0 aliphatic heterocycles. The number of hydrogen-bond donors (Lipinski definition) is 1. The van der Waals surface area contributed by atoms with Gasteiger partial charge in [-0.3, -0.25) is 0 Å². The third kappa shape index (κ3) is 2.93. The quantitative estimate of drug-likeness (QED) is 0.774. The van der Waals surface area contributed by atoms with Crippen LogP contribution in [0.25, 0.3) is 0 Å². The molecule has 0 bridgehead atoms. The highest BCUT2D eigenvalue weighted by Gasteiger charge is 2.08. The van der Waals surface area contributed by atoms with Crippen LogP contribution in [0.2, 0.25) is 0 Å². The summed E-state index contributed by atoms with van der Waals surface area (Å²) >= 11 is 0. The largest absolute Gasteiger partial charge is 0.474 e. The number of rotatable bonds is 3. The molecule has 2 N–H and O–H groups in total. The summed E-state index contributed by atoms with van der Waals surface area (Å²) in [5.74, 6) is 1.07. The van der Waals surface area contributed by atoms with Crippen LogP contribution in [0.5, 0.6) is 5.88 Å². The fourth-order valence-corrected chi connectivity index (χ4v) is 0.816. The topological polar surface area (TPSA) is 48.1 Å². The molecule has 72 valence electrons. The second kappa shape index (κ2) is 4.12. The Labute approximate surface area is 78.9 Å². The van der Waals surface area contributed by atoms with Crippen molar-refractivity contribution in [1.82, 2.24) is 4.98 Å². The molecule has 0 aliphatic carbocycles. The predicted molar refractivity (Wildman–Crippen MR) is 53.6 cm³/mol. The minimum atomic E-state index is 0.161. The van der Waals surface area contributed by atoms with Crippen molar-refractivity contribution >= 4 is 5.69 Å². The number of pyridine rings is 1. The fourth-order valence-electron chi connectivity index (χ4n) is 0.816. The zero-order valence-electron chi connectivity index (χ0n) is 8.32. The Morgan fingerprint density at radius 2 is 2.08 bits per heavy atom. The highest BCUT2D eigenvalue weighted by Crippen LogP contribution is 2.14. The molecule has 0 radical (unpaired) electrons. The van der Waals surface area contributed by atoms with Crippen LogP contribution < -0.4 is 10.5 Å². The zero-order valence-corrected chi connectivity index (χ0v) is 8.32. The van der Waals surface area contributed by atoms with Gasteiger partial charge in [-0.15, -0.1) is 0 Å². The van der Waals surface area contributed by atoms with Gasteiger partial charge in [0.15, 0.2) is 0 Å². The second-order valence-electron chi connectivity index (χ2n) is 3.49. The summed E-state index contributed by atoms with van der Waals surface area (Å²) in [6, 6.07) is 3.48. The van der Waals surface area contributed by atoms with Crippen molar-refractivity contribution in [3.8, 4) is 5.88 Å². The number of anilines is 1. The Balaban J connectivity index is 2.64. The predicted octanol–water partition coefficient (Wildman–Crippen LogP) is 2.09. The summed E-state index contributed by atoms with van der Waals surface area (Å²) in [6.45, 7) is 6.24. The number of ether oxygens (including phenoxy) is 1. The Hall–Kier alpha value is -1.25. The molecule has 3 heteroatoms. The van der Waals surface area contributed by atoms with E-state index in [1.54, 1.807) is 18.3 Å². The molecule has 1 unspecified atom stereocenters. The molecular formula is C10H16N2O. The van der Waals surface area contributed by atoms with Gasteiger partial charge in [-0.1, -0.05) is 13.8 Å². The lowest BCUT2D eigenvalue weighted by Gasteiger charge is -2.17. The summed E-state index contributed by atoms with van der Waals surface area (Å²) in [7, 11) is 0. The SMILES string of the molecule is CC(C)C(C)Oc1cc(N)ccn1. The Kier molecular flexibility index (Phi) is 3.12. The van der Waals surface area contributed by atoms with Gasteiger partial charge in [0.25, 0.3) is 0 Å². The Morgan fingerprint density at radius 1 is 1.38 bits per heavy atom. The van der Waals surface area contributed by atoms with Gasteiger partial charge < -0.3 is 10.5 Å². The van der Waals surface area contributed by atoms with Crippen LogP contribution in [0, 0.1) is 5.92 Å². The van der Waals surface area contributed by atoms with Crippen LogP contribution in [0.4, 0.5) is 5.69 Å². The maximum absolute atomic E-state index is 5.59. The zero-order chi connectivity index (χ0) is 9.84. The first kappa shape index (κ1) is 9.84. The van der Waals surface area contributed by atoms with Crippen LogP contribution >= 0.6 is 0 Å². The Bertz CT molecular complexity index is 273. The lowest BCUT2D eigenvalue weighted by molar-refractivity contribution is 0.163. The van der Waals surface area contributed by atoms with E-state index >= 15 is 0 Å². The molecular weight excluding hydrogens is 164 g/mol. The van der Waals surface area contributed by atoms with E-state index in [1.165, 1.54) is 0 Å². The lowest BCUT2D eigenvalue weighted by atomic mass is 10.1. The first-order valence-electron chi connectivity index (χ1n) is 4.48.